The zero-order valence-electron chi connectivity index (χ0n) is 24.6. The van der Waals surface area contributed by atoms with Crippen molar-refractivity contribution in [3.05, 3.63) is 105 Å². The lowest BCUT2D eigenvalue weighted by molar-refractivity contribution is -0.132. The Morgan fingerprint density at radius 1 is 1.02 bits per heavy atom. The van der Waals surface area contributed by atoms with Crippen molar-refractivity contribution in [2.24, 2.45) is 0 Å². The molecule has 1 saturated heterocycles. The number of hydrogen-bond donors (Lipinski definition) is 1. The first-order valence-corrected chi connectivity index (χ1v) is 16.6. The van der Waals surface area contributed by atoms with Gasteiger partial charge in [-0.25, -0.2) is 0 Å². The summed E-state index contributed by atoms with van der Waals surface area (Å²) in [5, 5.41) is 21.4. The molecule has 0 bridgehead atoms. The number of rotatable bonds is 9. The molecular weight excluding hydrogens is 637 g/mol. The second-order valence-corrected chi connectivity index (χ2v) is 14.3. The summed E-state index contributed by atoms with van der Waals surface area (Å²) in [5.41, 5.74) is 2.92. The van der Waals surface area contributed by atoms with E-state index in [0.717, 1.165) is 17.5 Å². The van der Waals surface area contributed by atoms with Gasteiger partial charge in [-0.15, -0.1) is 10.2 Å². The number of aliphatic hydroxyl groups is 1. The number of ketones is 1. The van der Waals surface area contributed by atoms with Crippen LogP contribution < -0.4 is 9.64 Å². The van der Waals surface area contributed by atoms with Gasteiger partial charge in [0.2, 0.25) is 5.13 Å². The third-order valence-electron chi connectivity index (χ3n) is 7.11. The molecule has 3 aromatic carbocycles. The van der Waals surface area contributed by atoms with E-state index in [2.05, 4.69) is 31.0 Å². The van der Waals surface area contributed by atoms with E-state index in [1.807, 2.05) is 37.3 Å². The number of hydrogen-bond acceptors (Lipinski definition) is 8. The zero-order chi connectivity index (χ0) is 31.6. The lowest BCUT2D eigenvalue weighted by Gasteiger charge is -2.24. The molecule has 2 heterocycles. The summed E-state index contributed by atoms with van der Waals surface area (Å²) in [6.07, 6.45) is 0.861. The Hall–Kier alpha value is -3.37. The van der Waals surface area contributed by atoms with E-state index in [9.17, 15) is 14.7 Å². The average Bonchev–Trinajstić information content (AvgIpc) is 3.57. The van der Waals surface area contributed by atoms with Gasteiger partial charge in [0.15, 0.2) is 4.34 Å². The van der Waals surface area contributed by atoms with Crippen LogP contribution in [0.4, 0.5) is 5.13 Å². The smallest absolute Gasteiger partial charge is 0.301 e. The van der Waals surface area contributed by atoms with Crippen LogP contribution in [-0.4, -0.2) is 33.6 Å². The first-order chi connectivity index (χ1) is 21.0. The molecule has 0 radical (unpaired) electrons. The number of carbonyl (C=O) groups excluding carboxylic acids is 2. The van der Waals surface area contributed by atoms with Gasteiger partial charge in [0.05, 0.1) is 18.2 Å². The molecule has 1 atom stereocenters. The normalized spacial score (nSPS) is 16.5. The van der Waals surface area contributed by atoms with E-state index in [0.29, 0.717) is 43.6 Å². The van der Waals surface area contributed by atoms with Gasteiger partial charge in [-0.05, 0) is 64.9 Å². The van der Waals surface area contributed by atoms with Gasteiger partial charge in [-0.3, -0.25) is 14.5 Å². The number of thioether (sulfide) groups is 1. The third kappa shape index (κ3) is 6.81. The van der Waals surface area contributed by atoms with E-state index >= 15 is 0 Å². The van der Waals surface area contributed by atoms with Crippen LogP contribution in [0.25, 0.3) is 5.76 Å². The average molecular weight is 669 g/mol. The molecule has 1 amide bonds. The SMILES string of the molecule is CCCOc1ccc(/C(O)=C2/C(=O)C(=O)N(c3nnc(SCc4ccc(Cl)cc4Cl)s3)C2c2ccc(C(C)(C)C)cc2)cc1. The van der Waals surface area contributed by atoms with Gasteiger partial charge in [0.1, 0.15) is 11.5 Å². The topological polar surface area (TPSA) is 92.6 Å². The number of nitrogens with zero attached hydrogens (tertiary/aromatic N) is 3. The number of aliphatic hydroxyl groups excluding tert-OH is 1. The number of amides is 1. The number of carbonyl (C=O) groups is 2. The molecule has 1 aliphatic rings. The maximum absolute atomic E-state index is 13.6. The summed E-state index contributed by atoms with van der Waals surface area (Å²) in [5.74, 6) is -0.686. The molecular formula is C33H31Cl2N3O4S2. The molecule has 228 valence electrons. The Kier molecular flexibility index (Phi) is 9.70. The van der Waals surface area contributed by atoms with Crippen LogP contribution in [0.1, 0.15) is 62.4 Å². The number of ether oxygens (including phenoxy) is 1. The van der Waals surface area contributed by atoms with E-state index in [4.69, 9.17) is 27.9 Å². The van der Waals surface area contributed by atoms with Crippen LogP contribution in [-0.2, 0) is 20.8 Å². The fraction of sp³-hybridized carbons (Fsp3) is 0.273. The molecule has 44 heavy (non-hydrogen) atoms. The van der Waals surface area contributed by atoms with E-state index < -0.39 is 17.7 Å². The lowest BCUT2D eigenvalue weighted by Crippen LogP contribution is -2.29. The predicted molar refractivity (Wildman–Crippen MR) is 178 cm³/mol. The van der Waals surface area contributed by atoms with Crippen molar-refractivity contribution in [1.82, 2.24) is 10.2 Å². The van der Waals surface area contributed by atoms with Crippen molar-refractivity contribution < 1.29 is 19.4 Å². The monoisotopic (exact) mass is 667 g/mol. The molecule has 1 aromatic heterocycles. The van der Waals surface area contributed by atoms with E-state index in [1.54, 1.807) is 36.4 Å². The van der Waals surface area contributed by atoms with Crippen molar-refractivity contribution >= 4 is 68.9 Å². The van der Waals surface area contributed by atoms with Crippen molar-refractivity contribution in [2.75, 3.05) is 11.5 Å². The predicted octanol–water partition coefficient (Wildman–Crippen LogP) is 8.85. The molecule has 1 unspecified atom stereocenters. The highest BCUT2D eigenvalue weighted by Crippen LogP contribution is 2.44. The molecule has 1 fully saturated rings. The fourth-order valence-corrected chi connectivity index (χ4v) is 7.16. The highest BCUT2D eigenvalue weighted by molar-refractivity contribution is 8.00. The second-order valence-electron chi connectivity index (χ2n) is 11.3. The maximum atomic E-state index is 13.6. The van der Waals surface area contributed by atoms with Gasteiger partial charge < -0.3 is 9.84 Å². The molecule has 0 spiro atoms. The maximum Gasteiger partial charge on any atom is 0.301 e. The van der Waals surface area contributed by atoms with Gasteiger partial charge in [-0.1, -0.05) is 104 Å². The number of anilines is 1. The molecule has 4 aromatic rings. The number of halogens is 2. The van der Waals surface area contributed by atoms with Crippen LogP contribution in [0.3, 0.4) is 0 Å². The lowest BCUT2D eigenvalue weighted by atomic mass is 9.85. The largest absolute Gasteiger partial charge is 0.507 e. The van der Waals surface area contributed by atoms with Gasteiger partial charge in [0, 0.05) is 21.4 Å². The van der Waals surface area contributed by atoms with Crippen molar-refractivity contribution in [3.63, 3.8) is 0 Å². The Labute approximate surface area is 274 Å². The van der Waals surface area contributed by atoms with Crippen molar-refractivity contribution in [1.29, 1.82) is 0 Å². The summed E-state index contributed by atoms with van der Waals surface area (Å²) >= 11 is 15.0. The number of aromatic nitrogens is 2. The van der Waals surface area contributed by atoms with Crippen molar-refractivity contribution in [3.8, 4) is 5.75 Å². The van der Waals surface area contributed by atoms with Gasteiger partial charge in [-0.2, -0.15) is 0 Å². The molecule has 0 saturated carbocycles. The van der Waals surface area contributed by atoms with E-state index in [-0.39, 0.29) is 21.9 Å². The Bertz CT molecular complexity index is 1710. The fourth-order valence-electron chi connectivity index (χ4n) is 4.73. The summed E-state index contributed by atoms with van der Waals surface area (Å²) < 4.78 is 6.26. The molecule has 0 aliphatic carbocycles. The Morgan fingerprint density at radius 3 is 2.36 bits per heavy atom. The van der Waals surface area contributed by atoms with Crippen LogP contribution in [0, 0.1) is 0 Å². The summed E-state index contributed by atoms with van der Waals surface area (Å²) in [6, 6.07) is 18.9. The van der Waals surface area contributed by atoms with Crippen LogP contribution in [0.5, 0.6) is 5.75 Å². The highest BCUT2D eigenvalue weighted by atomic mass is 35.5. The zero-order valence-corrected chi connectivity index (χ0v) is 27.8. The third-order valence-corrected chi connectivity index (χ3v) is 9.80. The van der Waals surface area contributed by atoms with Crippen LogP contribution in [0.2, 0.25) is 10.0 Å². The van der Waals surface area contributed by atoms with Gasteiger partial charge >= 0.3 is 5.91 Å². The summed E-state index contributed by atoms with van der Waals surface area (Å²) in [7, 11) is 0. The minimum absolute atomic E-state index is 0.0157. The quantitative estimate of drug-likeness (QED) is 0.0626. The minimum Gasteiger partial charge on any atom is -0.507 e. The molecule has 11 heteroatoms. The summed E-state index contributed by atoms with van der Waals surface area (Å²) in [4.78, 5) is 28.5. The van der Waals surface area contributed by atoms with Crippen LogP contribution >= 0.6 is 46.3 Å². The first-order valence-electron chi connectivity index (χ1n) is 14.0. The molecule has 5 rings (SSSR count). The Morgan fingerprint density at radius 2 is 1.73 bits per heavy atom. The number of Topliss-reactive ketones (excluding diaryl/α,β-unsaturated/α-hetero) is 1. The number of benzene rings is 3. The van der Waals surface area contributed by atoms with Gasteiger partial charge in [0.25, 0.3) is 5.78 Å². The molecule has 1 aliphatic heterocycles. The van der Waals surface area contributed by atoms with Crippen molar-refractivity contribution in [2.45, 2.75) is 55.7 Å². The standard InChI is InChI=1S/C33H31Cl2N3O4S2/c1-5-16-42-24-14-9-20(10-15-24)28(39)26-27(19-6-11-22(12-7-19)33(2,3)4)38(30(41)29(26)40)31-36-37-32(44-31)43-18-21-8-13-23(34)17-25(21)35/h6-15,17,27,39H,5,16,18H2,1-4H3/b28-26-. The second kappa shape index (κ2) is 13.3. The molecule has 7 nitrogen and oxygen atoms in total. The van der Waals surface area contributed by atoms with E-state index in [1.165, 1.54) is 28.0 Å². The van der Waals surface area contributed by atoms with Crippen LogP contribution in [0.15, 0.2) is 76.6 Å². The Balaban J connectivity index is 1.52. The molecule has 1 N–H and O–H groups in total. The summed E-state index contributed by atoms with van der Waals surface area (Å²) in [6.45, 7) is 8.91. The first kappa shape index (κ1) is 32.0. The minimum atomic E-state index is -0.906. The highest BCUT2D eigenvalue weighted by Gasteiger charge is 2.48.